The van der Waals surface area contributed by atoms with Gasteiger partial charge < -0.3 is 5.11 Å². The first-order valence-electron chi connectivity index (χ1n) is 5.40. The molecule has 1 aromatic carbocycles. The van der Waals surface area contributed by atoms with Gasteiger partial charge in [0.05, 0.1) is 16.4 Å². The summed E-state index contributed by atoms with van der Waals surface area (Å²) in [5.41, 5.74) is 0. The highest BCUT2D eigenvalue weighted by molar-refractivity contribution is 7.90. The van der Waals surface area contributed by atoms with Gasteiger partial charge >= 0.3 is 0 Å². The quantitative estimate of drug-likeness (QED) is 0.640. The van der Waals surface area contributed by atoms with Crippen LogP contribution in [0, 0.1) is 0 Å². The molecular weight excluding hydrogens is 292 g/mol. The van der Waals surface area contributed by atoms with Crippen LogP contribution in [0.3, 0.4) is 0 Å². The van der Waals surface area contributed by atoms with E-state index in [0.29, 0.717) is 0 Å². The predicted octanol–water partition coefficient (Wildman–Crippen LogP) is -0.746. The van der Waals surface area contributed by atoms with E-state index in [0.717, 1.165) is 0 Å². The van der Waals surface area contributed by atoms with Crippen LogP contribution in [-0.4, -0.2) is 41.6 Å². The maximum Gasteiger partial charge on any atom is 0.240 e. The van der Waals surface area contributed by atoms with Crippen LogP contribution in [0.1, 0.15) is 6.92 Å². The van der Waals surface area contributed by atoms with E-state index in [9.17, 15) is 16.8 Å². The topological polar surface area (TPSA) is 113 Å². The van der Waals surface area contributed by atoms with Gasteiger partial charge in [0.1, 0.15) is 0 Å². The van der Waals surface area contributed by atoms with Crippen molar-refractivity contribution in [2.24, 2.45) is 0 Å². The summed E-state index contributed by atoms with van der Waals surface area (Å²) in [6.07, 6.45) is 0. The van der Waals surface area contributed by atoms with Crippen LogP contribution in [0.5, 0.6) is 0 Å². The SMILES string of the molecule is CNS(=O)(=O)c1ccc(S(=O)(=O)N[C@@H](C)CO)cc1. The lowest BCUT2D eigenvalue weighted by Crippen LogP contribution is -2.35. The van der Waals surface area contributed by atoms with Crippen molar-refractivity contribution in [2.45, 2.75) is 22.8 Å². The van der Waals surface area contributed by atoms with E-state index in [1.807, 2.05) is 0 Å². The van der Waals surface area contributed by atoms with Crippen LogP contribution in [0.2, 0.25) is 0 Å². The summed E-state index contributed by atoms with van der Waals surface area (Å²) in [7, 11) is -6.09. The van der Waals surface area contributed by atoms with Gasteiger partial charge in [-0.1, -0.05) is 0 Å². The molecule has 7 nitrogen and oxygen atoms in total. The second kappa shape index (κ2) is 5.97. The summed E-state index contributed by atoms with van der Waals surface area (Å²) in [4.78, 5) is -0.0907. The largest absolute Gasteiger partial charge is 0.395 e. The van der Waals surface area contributed by atoms with E-state index in [1.54, 1.807) is 0 Å². The van der Waals surface area contributed by atoms with Gasteiger partial charge in [0, 0.05) is 6.04 Å². The molecule has 1 rings (SSSR count). The average Bonchev–Trinajstić information content (AvgIpc) is 2.38. The van der Waals surface area contributed by atoms with E-state index in [-0.39, 0.29) is 16.4 Å². The molecule has 0 unspecified atom stereocenters. The Morgan fingerprint density at radius 1 is 1.05 bits per heavy atom. The number of aliphatic hydroxyl groups is 1. The van der Waals surface area contributed by atoms with Crippen molar-refractivity contribution in [3.8, 4) is 0 Å². The monoisotopic (exact) mass is 308 g/mol. The van der Waals surface area contributed by atoms with Gasteiger partial charge in [-0.2, -0.15) is 0 Å². The lowest BCUT2D eigenvalue weighted by molar-refractivity contribution is 0.265. The molecule has 0 fully saturated rings. The van der Waals surface area contributed by atoms with Crippen molar-refractivity contribution < 1.29 is 21.9 Å². The Morgan fingerprint density at radius 2 is 1.47 bits per heavy atom. The number of benzene rings is 1. The van der Waals surface area contributed by atoms with Crippen molar-refractivity contribution in [3.63, 3.8) is 0 Å². The second-order valence-corrected chi connectivity index (χ2v) is 7.48. The Morgan fingerprint density at radius 3 is 1.84 bits per heavy atom. The number of hydrogen-bond donors (Lipinski definition) is 3. The third kappa shape index (κ3) is 3.98. The Hall–Kier alpha value is -1.00. The summed E-state index contributed by atoms with van der Waals surface area (Å²) in [5, 5.41) is 8.81. The number of aliphatic hydroxyl groups excluding tert-OH is 1. The Kier molecular flexibility index (Phi) is 5.04. The molecule has 3 N–H and O–H groups in total. The van der Waals surface area contributed by atoms with E-state index < -0.39 is 26.1 Å². The minimum absolute atomic E-state index is 0.0239. The average molecular weight is 308 g/mol. The molecule has 1 atom stereocenters. The van der Waals surface area contributed by atoms with Gasteiger partial charge in [-0.05, 0) is 38.2 Å². The van der Waals surface area contributed by atoms with Crippen LogP contribution in [0.15, 0.2) is 34.1 Å². The minimum atomic E-state index is -3.77. The van der Waals surface area contributed by atoms with Gasteiger partial charge in [-0.25, -0.2) is 26.3 Å². The molecule has 0 radical (unpaired) electrons. The molecule has 0 aliphatic carbocycles. The highest BCUT2D eigenvalue weighted by Gasteiger charge is 2.18. The van der Waals surface area contributed by atoms with Crippen LogP contribution in [0.4, 0.5) is 0 Å². The van der Waals surface area contributed by atoms with E-state index in [2.05, 4.69) is 9.44 Å². The van der Waals surface area contributed by atoms with E-state index in [4.69, 9.17) is 5.11 Å². The van der Waals surface area contributed by atoms with Gasteiger partial charge in [0.25, 0.3) is 0 Å². The number of rotatable bonds is 6. The van der Waals surface area contributed by atoms with Gasteiger partial charge in [-0.15, -0.1) is 0 Å². The molecule has 9 heteroatoms. The predicted molar refractivity (Wildman–Crippen MR) is 69.6 cm³/mol. The molecule has 0 aromatic heterocycles. The smallest absolute Gasteiger partial charge is 0.240 e. The highest BCUT2D eigenvalue weighted by Crippen LogP contribution is 2.14. The molecule has 0 aliphatic rings. The second-order valence-electron chi connectivity index (χ2n) is 3.88. The zero-order chi connectivity index (χ0) is 14.7. The molecule has 1 aromatic rings. The third-order valence-corrected chi connectivity index (χ3v) is 5.38. The van der Waals surface area contributed by atoms with Gasteiger partial charge in [0.2, 0.25) is 20.0 Å². The molecule has 0 spiro atoms. The molecule has 0 heterocycles. The number of sulfonamides is 2. The number of hydrogen-bond acceptors (Lipinski definition) is 5. The summed E-state index contributed by atoms with van der Waals surface area (Å²) in [5.74, 6) is 0. The van der Waals surface area contributed by atoms with Crippen molar-refractivity contribution in [1.29, 1.82) is 0 Å². The standard InChI is InChI=1S/C10H16N2O5S2/c1-8(7-13)12-19(16,17)10-5-3-9(4-6-10)18(14,15)11-2/h3-6,8,11-13H,7H2,1-2H3/t8-/m0/s1. The summed E-state index contributed by atoms with van der Waals surface area (Å²) in [6.45, 7) is 1.18. The van der Waals surface area contributed by atoms with Crippen LogP contribution < -0.4 is 9.44 Å². The van der Waals surface area contributed by atoms with E-state index in [1.165, 1.54) is 38.2 Å². The van der Waals surface area contributed by atoms with Crippen LogP contribution >= 0.6 is 0 Å². The lowest BCUT2D eigenvalue weighted by atomic mass is 10.4. The maximum absolute atomic E-state index is 11.8. The first-order chi connectivity index (χ1) is 8.73. The van der Waals surface area contributed by atoms with Gasteiger partial charge in [-0.3, -0.25) is 0 Å². The normalized spacial score (nSPS) is 14.3. The molecule has 108 valence electrons. The zero-order valence-corrected chi connectivity index (χ0v) is 12.1. The Labute approximate surface area is 112 Å². The Balaban J connectivity index is 3.06. The van der Waals surface area contributed by atoms with Crippen molar-refractivity contribution in [2.75, 3.05) is 13.7 Å². The molecule has 0 amide bonds. The highest BCUT2D eigenvalue weighted by atomic mass is 32.2. The third-order valence-electron chi connectivity index (χ3n) is 2.34. The van der Waals surface area contributed by atoms with Crippen LogP contribution in [-0.2, 0) is 20.0 Å². The fraction of sp³-hybridized carbons (Fsp3) is 0.400. The molecular formula is C10H16N2O5S2. The summed E-state index contributed by atoms with van der Waals surface area (Å²) < 4.78 is 51.0. The minimum Gasteiger partial charge on any atom is -0.395 e. The lowest BCUT2D eigenvalue weighted by Gasteiger charge is -2.11. The molecule has 19 heavy (non-hydrogen) atoms. The van der Waals surface area contributed by atoms with E-state index >= 15 is 0 Å². The van der Waals surface area contributed by atoms with Crippen molar-refractivity contribution in [3.05, 3.63) is 24.3 Å². The Bertz CT molecular complexity index is 622. The van der Waals surface area contributed by atoms with Crippen molar-refractivity contribution in [1.82, 2.24) is 9.44 Å². The number of nitrogens with one attached hydrogen (secondary N) is 2. The first-order valence-corrected chi connectivity index (χ1v) is 8.36. The molecule has 0 saturated heterocycles. The summed E-state index contributed by atoms with van der Waals surface area (Å²) in [6, 6.07) is 4.16. The first kappa shape index (κ1) is 16.1. The van der Waals surface area contributed by atoms with Crippen LogP contribution in [0.25, 0.3) is 0 Å². The molecule has 0 aliphatic heterocycles. The van der Waals surface area contributed by atoms with Gasteiger partial charge in [0.15, 0.2) is 0 Å². The maximum atomic E-state index is 11.8. The fourth-order valence-corrected chi connectivity index (χ4v) is 3.25. The molecule has 0 saturated carbocycles. The fourth-order valence-electron chi connectivity index (χ4n) is 1.29. The molecule has 0 bridgehead atoms. The van der Waals surface area contributed by atoms with Crippen molar-refractivity contribution >= 4 is 20.0 Å². The zero-order valence-electron chi connectivity index (χ0n) is 10.5. The summed E-state index contributed by atoms with van der Waals surface area (Å²) >= 11 is 0.